The summed E-state index contributed by atoms with van der Waals surface area (Å²) in [7, 11) is 1.45. The van der Waals surface area contributed by atoms with Crippen molar-refractivity contribution in [2.45, 2.75) is 26.1 Å². The smallest absolute Gasteiger partial charge is 0.372 e. The molecule has 0 aliphatic heterocycles. The van der Waals surface area contributed by atoms with Gasteiger partial charge in [-0.2, -0.15) is 13.2 Å². The summed E-state index contributed by atoms with van der Waals surface area (Å²) in [6.45, 7) is 3.00. The highest BCUT2D eigenvalue weighted by molar-refractivity contribution is 5.48. The Morgan fingerprint density at radius 3 is 2.47 bits per heavy atom. The Bertz CT molecular complexity index is 404. The van der Waals surface area contributed by atoms with Crippen molar-refractivity contribution in [3.8, 4) is 0 Å². The van der Waals surface area contributed by atoms with Gasteiger partial charge in [-0.15, -0.1) is 0 Å². The fourth-order valence-electron chi connectivity index (χ4n) is 1.65. The molecule has 1 aromatic rings. The van der Waals surface area contributed by atoms with Crippen molar-refractivity contribution < 1.29 is 17.6 Å². The van der Waals surface area contributed by atoms with E-state index in [9.17, 15) is 17.6 Å². The number of hydrogen-bond acceptors (Lipinski definition) is 2. The maximum Gasteiger partial charge on any atom is 0.390 e. The van der Waals surface area contributed by atoms with Crippen LogP contribution in [0.15, 0.2) is 18.2 Å². The minimum atomic E-state index is -4.23. The highest BCUT2D eigenvalue weighted by Gasteiger charge is 2.27. The fraction of sp³-hybridized carbons (Fsp3) is 0.538. The third-order valence-corrected chi connectivity index (χ3v) is 2.73. The second kappa shape index (κ2) is 6.75. The largest absolute Gasteiger partial charge is 0.390 e. The monoisotopic (exact) mass is 278 g/mol. The number of nitrogens with one attached hydrogen (secondary N) is 1. The summed E-state index contributed by atoms with van der Waals surface area (Å²) >= 11 is 0. The van der Waals surface area contributed by atoms with Crippen LogP contribution in [0.2, 0.25) is 0 Å². The zero-order valence-electron chi connectivity index (χ0n) is 11.0. The quantitative estimate of drug-likeness (QED) is 0.803. The summed E-state index contributed by atoms with van der Waals surface area (Å²) in [5.41, 5.74) is 0.955. The number of alkyl halides is 3. The van der Waals surface area contributed by atoms with Crippen molar-refractivity contribution in [3.05, 3.63) is 29.6 Å². The van der Waals surface area contributed by atoms with Crippen molar-refractivity contribution >= 4 is 5.69 Å². The summed E-state index contributed by atoms with van der Waals surface area (Å²) in [5.74, 6) is -0.500. The molecule has 1 aromatic carbocycles. The van der Waals surface area contributed by atoms with E-state index in [2.05, 4.69) is 5.32 Å². The summed E-state index contributed by atoms with van der Waals surface area (Å²) in [6, 6.07) is 4.58. The van der Waals surface area contributed by atoms with E-state index in [1.165, 1.54) is 24.1 Å². The van der Waals surface area contributed by atoms with Crippen LogP contribution in [0.5, 0.6) is 0 Å². The van der Waals surface area contributed by atoms with Crippen LogP contribution >= 0.6 is 0 Å². The average molecular weight is 278 g/mol. The van der Waals surface area contributed by atoms with Crippen molar-refractivity contribution in [1.82, 2.24) is 5.32 Å². The predicted octanol–water partition coefficient (Wildman–Crippen LogP) is 3.32. The van der Waals surface area contributed by atoms with Crippen molar-refractivity contribution in [3.63, 3.8) is 0 Å². The topological polar surface area (TPSA) is 15.3 Å². The third-order valence-electron chi connectivity index (χ3n) is 2.73. The Kier molecular flexibility index (Phi) is 5.60. The number of nitrogens with zero attached hydrogens (tertiary/aromatic N) is 1. The Morgan fingerprint density at radius 1 is 1.26 bits per heavy atom. The highest BCUT2D eigenvalue weighted by Crippen LogP contribution is 2.23. The highest BCUT2D eigenvalue weighted by atomic mass is 19.4. The molecular formula is C13H18F4N2. The first kappa shape index (κ1) is 15.8. The molecule has 0 bridgehead atoms. The van der Waals surface area contributed by atoms with E-state index in [1.54, 1.807) is 6.07 Å². The second-order valence-corrected chi connectivity index (χ2v) is 4.35. The molecular weight excluding hydrogens is 260 g/mol. The van der Waals surface area contributed by atoms with Crippen LogP contribution in [-0.4, -0.2) is 26.3 Å². The van der Waals surface area contributed by atoms with Crippen LogP contribution in [-0.2, 0) is 6.54 Å². The molecule has 0 spiro atoms. The molecule has 0 fully saturated rings. The number of halogens is 4. The molecule has 0 unspecified atom stereocenters. The molecule has 1 N–H and O–H groups in total. The molecule has 0 radical (unpaired) electrons. The van der Waals surface area contributed by atoms with Crippen molar-refractivity contribution in [2.75, 3.05) is 25.0 Å². The second-order valence-electron chi connectivity index (χ2n) is 4.35. The summed E-state index contributed by atoms with van der Waals surface area (Å²) in [5, 5.41) is 3.06. The van der Waals surface area contributed by atoms with Crippen molar-refractivity contribution in [1.29, 1.82) is 0 Å². The molecule has 0 amide bonds. The van der Waals surface area contributed by atoms with Gasteiger partial charge in [0.1, 0.15) is 5.82 Å². The minimum absolute atomic E-state index is 0.185. The molecule has 0 atom stereocenters. The molecule has 1 rings (SSSR count). The van der Waals surface area contributed by atoms with E-state index in [1.807, 2.05) is 6.92 Å². The van der Waals surface area contributed by atoms with E-state index in [-0.39, 0.29) is 12.2 Å². The fourth-order valence-corrected chi connectivity index (χ4v) is 1.65. The standard InChI is InChI=1S/C13H18F4N2/c1-3-18-9-10-4-5-12(11(14)8-10)19(2)7-6-13(15,16)17/h4-5,8,18H,3,6-7,9H2,1-2H3. The maximum absolute atomic E-state index is 13.8. The zero-order chi connectivity index (χ0) is 14.5. The van der Waals surface area contributed by atoms with Crippen LogP contribution in [0.25, 0.3) is 0 Å². The van der Waals surface area contributed by atoms with Gasteiger partial charge in [0.15, 0.2) is 0 Å². The van der Waals surface area contributed by atoms with Gasteiger partial charge in [0.05, 0.1) is 12.1 Å². The van der Waals surface area contributed by atoms with Crippen LogP contribution in [0.1, 0.15) is 18.9 Å². The van der Waals surface area contributed by atoms with Crippen LogP contribution < -0.4 is 10.2 Å². The Hall–Kier alpha value is -1.30. The SMILES string of the molecule is CCNCc1ccc(N(C)CCC(F)(F)F)c(F)c1. The Balaban J connectivity index is 2.67. The van der Waals surface area contributed by atoms with Gasteiger partial charge in [0.2, 0.25) is 0 Å². The van der Waals surface area contributed by atoms with Gasteiger partial charge in [-0.05, 0) is 24.2 Å². The van der Waals surface area contributed by atoms with E-state index in [0.29, 0.717) is 6.54 Å². The van der Waals surface area contributed by atoms with Gasteiger partial charge in [0, 0.05) is 20.1 Å². The first-order valence-corrected chi connectivity index (χ1v) is 6.10. The van der Waals surface area contributed by atoms with Gasteiger partial charge >= 0.3 is 6.18 Å². The Labute approximate surface area is 110 Å². The zero-order valence-corrected chi connectivity index (χ0v) is 11.0. The molecule has 2 nitrogen and oxygen atoms in total. The molecule has 0 aliphatic carbocycles. The van der Waals surface area contributed by atoms with Crippen LogP contribution in [0.3, 0.4) is 0 Å². The summed E-state index contributed by atoms with van der Waals surface area (Å²) in [6.07, 6.45) is -5.18. The molecule has 6 heteroatoms. The van der Waals surface area contributed by atoms with E-state index in [4.69, 9.17) is 0 Å². The first-order valence-electron chi connectivity index (χ1n) is 6.10. The maximum atomic E-state index is 13.8. The van der Waals surface area contributed by atoms with E-state index in [0.717, 1.165) is 12.1 Å². The average Bonchev–Trinajstić information content (AvgIpc) is 2.32. The number of rotatable bonds is 6. The molecule has 108 valence electrons. The third kappa shape index (κ3) is 5.46. The van der Waals surface area contributed by atoms with E-state index >= 15 is 0 Å². The normalized spacial score (nSPS) is 11.7. The Morgan fingerprint density at radius 2 is 1.95 bits per heavy atom. The molecule has 19 heavy (non-hydrogen) atoms. The number of hydrogen-bond donors (Lipinski definition) is 1. The van der Waals surface area contributed by atoms with Gasteiger partial charge < -0.3 is 10.2 Å². The first-order chi connectivity index (χ1) is 8.83. The van der Waals surface area contributed by atoms with Gasteiger partial charge in [0.25, 0.3) is 0 Å². The van der Waals surface area contributed by atoms with Gasteiger partial charge in [-0.1, -0.05) is 13.0 Å². The van der Waals surface area contributed by atoms with Crippen LogP contribution in [0, 0.1) is 5.82 Å². The van der Waals surface area contributed by atoms with Crippen molar-refractivity contribution in [2.24, 2.45) is 0 Å². The number of anilines is 1. The lowest BCUT2D eigenvalue weighted by atomic mass is 10.2. The van der Waals surface area contributed by atoms with Gasteiger partial charge in [-0.3, -0.25) is 0 Å². The number of benzene rings is 1. The van der Waals surface area contributed by atoms with Gasteiger partial charge in [-0.25, -0.2) is 4.39 Å². The summed E-state index contributed by atoms with van der Waals surface area (Å²) in [4.78, 5) is 1.28. The predicted molar refractivity (Wildman–Crippen MR) is 67.7 cm³/mol. The lowest BCUT2D eigenvalue weighted by Crippen LogP contribution is -2.25. The molecule has 0 aromatic heterocycles. The molecule has 0 saturated carbocycles. The van der Waals surface area contributed by atoms with E-state index < -0.39 is 18.4 Å². The lowest BCUT2D eigenvalue weighted by molar-refractivity contribution is -0.132. The molecule has 0 saturated heterocycles. The molecule has 0 heterocycles. The summed E-state index contributed by atoms with van der Waals surface area (Å²) < 4.78 is 50.1. The van der Waals surface area contributed by atoms with Crippen LogP contribution in [0.4, 0.5) is 23.2 Å². The lowest BCUT2D eigenvalue weighted by Gasteiger charge is -2.21. The molecule has 0 aliphatic rings. The minimum Gasteiger partial charge on any atom is -0.372 e.